The van der Waals surface area contributed by atoms with Crippen molar-refractivity contribution in [1.29, 1.82) is 0 Å². The molecule has 0 spiro atoms. The molecule has 0 aromatic carbocycles. The smallest absolute Gasteiger partial charge is 0.283 e. The molecule has 1 aromatic heterocycles. The van der Waals surface area contributed by atoms with Crippen LogP contribution in [0.4, 0.5) is 17.8 Å². The molecule has 132 valence electrons. The minimum atomic E-state index is -4.54. The number of nitrogens with two attached hydrogens (primary N) is 1. The first-order chi connectivity index (χ1) is 10.4. The van der Waals surface area contributed by atoms with E-state index in [1.165, 1.54) is 0 Å². The van der Waals surface area contributed by atoms with Gasteiger partial charge in [0, 0.05) is 0 Å². The topological polar surface area (TPSA) is 220 Å². The molecule has 1 heterocycles. The van der Waals surface area contributed by atoms with Crippen molar-refractivity contribution in [2.75, 3.05) is 40.7 Å². The average Bonchev–Trinajstić information content (AvgIpc) is 2.39. The zero-order chi connectivity index (χ0) is 17.8. The molecule has 6 N–H and O–H groups in total. The lowest BCUT2D eigenvalue weighted by Gasteiger charge is -2.22. The summed E-state index contributed by atoms with van der Waals surface area (Å²) < 4.78 is 61.0. The predicted octanol–water partition coefficient (Wildman–Crippen LogP) is -3.34. The minimum Gasteiger partial charge on any atom is -0.376 e. The van der Waals surface area contributed by atoms with E-state index in [4.69, 9.17) is 25.1 Å². The highest BCUT2D eigenvalue weighted by Crippen LogP contribution is 2.15. The lowest BCUT2D eigenvalue weighted by Crippen LogP contribution is -2.35. The van der Waals surface area contributed by atoms with Gasteiger partial charge < -0.3 is 25.7 Å². The Hall–Kier alpha value is -1.85. The fourth-order valence-corrected chi connectivity index (χ4v) is 2.55. The van der Waals surface area contributed by atoms with Crippen LogP contribution in [0.1, 0.15) is 0 Å². The molecule has 0 saturated heterocycles. The van der Waals surface area contributed by atoms with Crippen molar-refractivity contribution < 1.29 is 36.2 Å². The zero-order valence-corrected chi connectivity index (χ0v) is 13.0. The van der Waals surface area contributed by atoms with E-state index >= 15 is 0 Å². The third-order valence-corrected chi connectivity index (χ3v) is 3.45. The number of aliphatic hydroxyl groups excluding tert-OH is 2. The summed E-state index contributed by atoms with van der Waals surface area (Å²) in [4.78, 5) is 11.8. The molecule has 0 bridgehead atoms. The van der Waals surface area contributed by atoms with Gasteiger partial charge in [0.15, 0.2) is 11.8 Å². The molecule has 23 heavy (non-hydrogen) atoms. The number of anilines is 3. The number of nitrogen functional groups attached to an aromatic ring is 1. The van der Waals surface area contributed by atoms with Crippen LogP contribution in [0.25, 0.3) is 0 Å². The summed E-state index contributed by atoms with van der Waals surface area (Å²) in [5.41, 5.74) is 5.37. The SMILES string of the molecule is Nc1nc(N(CO)CS(=O)(=O)O)nc(N(CO)CS(=O)(=O)O)n1. The Bertz CT molecular complexity index is 692. The molecular formula is C7H14N6O8S2. The summed E-state index contributed by atoms with van der Waals surface area (Å²) in [5.74, 6) is -3.68. The summed E-state index contributed by atoms with van der Waals surface area (Å²) in [6, 6.07) is 0. The molecule has 0 atom stereocenters. The van der Waals surface area contributed by atoms with Crippen molar-refractivity contribution in [3.8, 4) is 0 Å². The number of aliphatic hydroxyl groups is 2. The Labute approximate surface area is 130 Å². The summed E-state index contributed by atoms with van der Waals surface area (Å²) in [7, 11) is -9.08. The zero-order valence-electron chi connectivity index (χ0n) is 11.4. The highest BCUT2D eigenvalue weighted by atomic mass is 32.2. The fraction of sp³-hybridized carbons (Fsp3) is 0.571. The molecule has 0 aliphatic heterocycles. The largest absolute Gasteiger partial charge is 0.376 e. The van der Waals surface area contributed by atoms with E-state index in [2.05, 4.69) is 15.0 Å². The van der Waals surface area contributed by atoms with Crippen LogP contribution in [-0.2, 0) is 20.2 Å². The average molecular weight is 374 g/mol. The lowest BCUT2D eigenvalue weighted by atomic mass is 10.7. The number of aromatic nitrogens is 3. The van der Waals surface area contributed by atoms with Crippen molar-refractivity contribution in [3.63, 3.8) is 0 Å². The van der Waals surface area contributed by atoms with Gasteiger partial charge in [0.25, 0.3) is 20.2 Å². The quantitative estimate of drug-likeness (QED) is 0.222. The maximum absolute atomic E-state index is 10.9. The van der Waals surface area contributed by atoms with Gasteiger partial charge in [-0.1, -0.05) is 0 Å². The number of nitrogens with zero attached hydrogens (tertiary/aromatic N) is 5. The second-order valence-corrected chi connectivity index (χ2v) is 6.92. The molecule has 1 rings (SSSR count). The molecule has 0 unspecified atom stereocenters. The number of hydrogen-bond acceptors (Lipinski definition) is 12. The molecule has 1 aromatic rings. The van der Waals surface area contributed by atoms with Crippen LogP contribution < -0.4 is 15.5 Å². The Morgan fingerprint density at radius 3 is 1.43 bits per heavy atom. The van der Waals surface area contributed by atoms with Crippen molar-refractivity contribution in [2.24, 2.45) is 0 Å². The molecule has 0 amide bonds. The van der Waals surface area contributed by atoms with Crippen LogP contribution in [-0.4, -0.2) is 76.3 Å². The van der Waals surface area contributed by atoms with Crippen molar-refractivity contribution >= 4 is 38.1 Å². The Morgan fingerprint density at radius 1 is 0.826 bits per heavy atom. The normalized spacial score (nSPS) is 12.2. The maximum atomic E-state index is 10.9. The Balaban J connectivity index is 3.24. The van der Waals surface area contributed by atoms with Gasteiger partial charge in [-0.05, 0) is 0 Å². The van der Waals surface area contributed by atoms with E-state index in [0.29, 0.717) is 9.80 Å². The van der Waals surface area contributed by atoms with Crippen LogP contribution in [0.5, 0.6) is 0 Å². The van der Waals surface area contributed by atoms with Gasteiger partial charge in [-0.25, -0.2) is 0 Å². The molecule has 0 aliphatic rings. The molecule has 16 heteroatoms. The van der Waals surface area contributed by atoms with Gasteiger partial charge in [0.05, 0.1) is 0 Å². The monoisotopic (exact) mass is 374 g/mol. The third kappa shape index (κ3) is 6.42. The van der Waals surface area contributed by atoms with E-state index < -0.39 is 63.3 Å². The van der Waals surface area contributed by atoms with Gasteiger partial charge in [-0.2, -0.15) is 31.8 Å². The van der Waals surface area contributed by atoms with Gasteiger partial charge >= 0.3 is 0 Å². The number of hydrogen-bond donors (Lipinski definition) is 5. The van der Waals surface area contributed by atoms with E-state index in [1.807, 2.05) is 0 Å². The van der Waals surface area contributed by atoms with Crippen molar-refractivity contribution in [2.45, 2.75) is 0 Å². The summed E-state index contributed by atoms with van der Waals surface area (Å²) in [6.45, 7) is -1.86. The highest BCUT2D eigenvalue weighted by molar-refractivity contribution is 7.86. The molecular weight excluding hydrogens is 360 g/mol. The number of rotatable bonds is 8. The van der Waals surface area contributed by atoms with E-state index in [1.54, 1.807) is 0 Å². The lowest BCUT2D eigenvalue weighted by molar-refractivity contribution is 0.290. The van der Waals surface area contributed by atoms with Gasteiger partial charge in [0.2, 0.25) is 17.8 Å². The van der Waals surface area contributed by atoms with Crippen LogP contribution in [0, 0.1) is 0 Å². The van der Waals surface area contributed by atoms with Gasteiger partial charge in [0.1, 0.15) is 13.5 Å². The first kappa shape index (κ1) is 19.2. The molecule has 0 fully saturated rings. The molecule has 0 aliphatic carbocycles. The first-order valence-electron chi connectivity index (χ1n) is 5.58. The molecule has 14 nitrogen and oxygen atoms in total. The molecule has 0 saturated carbocycles. The van der Waals surface area contributed by atoms with Crippen molar-refractivity contribution in [3.05, 3.63) is 0 Å². The van der Waals surface area contributed by atoms with Crippen LogP contribution in [0.2, 0.25) is 0 Å². The second kappa shape index (κ2) is 7.15. The highest BCUT2D eigenvalue weighted by Gasteiger charge is 2.21. The van der Waals surface area contributed by atoms with E-state index in [0.717, 1.165) is 0 Å². The Kier molecular flexibility index (Phi) is 5.97. The minimum absolute atomic E-state index is 0.493. The standard InChI is InChI=1S/C7H14N6O8S2/c8-5-9-6(12(1-14)3-22(16,17)18)11-7(10-5)13(2-15)4-23(19,20)21/h14-15H,1-4H2,(H,16,17,18)(H,19,20,21)(H2,8,9,10,11). The van der Waals surface area contributed by atoms with Crippen LogP contribution >= 0.6 is 0 Å². The third-order valence-electron chi connectivity index (χ3n) is 2.17. The van der Waals surface area contributed by atoms with Crippen molar-refractivity contribution in [1.82, 2.24) is 15.0 Å². The fourth-order valence-electron chi connectivity index (χ4n) is 1.37. The summed E-state index contributed by atoms with van der Waals surface area (Å²) in [6.07, 6.45) is 0. The summed E-state index contributed by atoms with van der Waals surface area (Å²) >= 11 is 0. The van der Waals surface area contributed by atoms with E-state index in [9.17, 15) is 16.8 Å². The first-order valence-corrected chi connectivity index (χ1v) is 8.80. The second-order valence-electron chi connectivity index (χ2n) is 4.08. The van der Waals surface area contributed by atoms with Crippen LogP contribution in [0.15, 0.2) is 0 Å². The predicted molar refractivity (Wildman–Crippen MR) is 76.2 cm³/mol. The van der Waals surface area contributed by atoms with E-state index in [-0.39, 0.29) is 0 Å². The maximum Gasteiger partial charge on any atom is 0.283 e. The Morgan fingerprint density at radius 2 is 1.17 bits per heavy atom. The summed E-state index contributed by atoms with van der Waals surface area (Å²) in [5, 5.41) is 18.2. The van der Waals surface area contributed by atoms with Gasteiger partial charge in [-0.15, -0.1) is 0 Å². The van der Waals surface area contributed by atoms with Crippen LogP contribution in [0.3, 0.4) is 0 Å². The molecule has 0 radical (unpaired) electrons. The van der Waals surface area contributed by atoms with Gasteiger partial charge in [-0.3, -0.25) is 9.11 Å².